The summed E-state index contributed by atoms with van der Waals surface area (Å²) in [7, 11) is 0. The first-order valence-electron chi connectivity index (χ1n) is 7.66. The Morgan fingerprint density at radius 1 is 1.16 bits per heavy atom. The van der Waals surface area contributed by atoms with E-state index in [4.69, 9.17) is 27.7 Å². The van der Waals surface area contributed by atoms with Gasteiger partial charge in [0, 0.05) is 34.1 Å². The number of benzene rings is 2. The van der Waals surface area contributed by atoms with Crippen molar-refractivity contribution in [2.75, 3.05) is 6.54 Å². The Kier molecular flexibility index (Phi) is 5.36. The maximum atomic E-state index is 12.1. The molecule has 0 aliphatic carbocycles. The first-order chi connectivity index (χ1) is 12.0. The molecule has 1 amide bonds. The highest BCUT2D eigenvalue weighted by atomic mass is 35.5. The van der Waals surface area contributed by atoms with Crippen LogP contribution < -0.4 is 5.32 Å². The van der Waals surface area contributed by atoms with E-state index in [2.05, 4.69) is 15.5 Å². The summed E-state index contributed by atoms with van der Waals surface area (Å²) in [5.74, 6) is 0.745. The zero-order valence-corrected chi connectivity index (χ0v) is 14.9. The number of nitrogens with zero attached hydrogens (tertiary/aromatic N) is 2. The Labute approximate surface area is 155 Å². The molecule has 1 aromatic heterocycles. The Morgan fingerprint density at radius 2 is 1.92 bits per heavy atom. The predicted octanol–water partition coefficient (Wildman–Crippen LogP) is 4.32. The fraction of sp³-hybridized carbons (Fsp3) is 0.167. The van der Waals surface area contributed by atoms with Gasteiger partial charge in [-0.25, -0.2) is 0 Å². The standard InChI is InChI=1S/C18H15Cl2N3O2/c1-11-2-3-13(10-15(11)20)18(24)21-9-8-16-22-17(23-25-16)12-4-6-14(19)7-5-12/h2-7,10H,8-9H2,1H3,(H,21,24). The van der Waals surface area contributed by atoms with Crippen molar-refractivity contribution >= 4 is 29.1 Å². The van der Waals surface area contributed by atoms with Crippen molar-refractivity contribution in [3.8, 4) is 11.4 Å². The molecule has 0 saturated heterocycles. The van der Waals surface area contributed by atoms with Gasteiger partial charge in [-0.15, -0.1) is 0 Å². The molecule has 3 rings (SSSR count). The van der Waals surface area contributed by atoms with Crippen LogP contribution in [0.3, 0.4) is 0 Å². The van der Waals surface area contributed by atoms with Gasteiger partial charge in [-0.05, 0) is 48.9 Å². The lowest BCUT2D eigenvalue weighted by Gasteiger charge is -2.05. The number of nitrogens with one attached hydrogen (secondary N) is 1. The average Bonchev–Trinajstić information content (AvgIpc) is 3.06. The second-order valence-electron chi connectivity index (χ2n) is 5.49. The van der Waals surface area contributed by atoms with Gasteiger partial charge in [0.2, 0.25) is 11.7 Å². The highest BCUT2D eigenvalue weighted by molar-refractivity contribution is 6.31. The molecule has 5 nitrogen and oxygen atoms in total. The smallest absolute Gasteiger partial charge is 0.251 e. The van der Waals surface area contributed by atoms with Crippen LogP contribution in [0.5, 0.6) is 0 Å². The summed E-state index contributed by atoms with van der Waals surface area (Å²) in [6.07, 6.45) is 0.436. The SMILES string of the molecule is Cc1ccc(C(=O)NCCc2nc(-c3ccc(Cl)cc3)no2)cc1Cl. The highest BCUT2D eigenvalue weighted by Crippen LogP contribution is 2.19. The number of carbonyl (C=O) groups excluding carboxylic acids is 1. The Hall–Kier alpha value is -2.37. The summed E-state index contributed by atoms with van der Waals surface area (Å²) in [5.41, 5.74) is 2.26. The van der Waals surface area contributed by atoms with Crippen LogP contribution in [-0.4, -0.2) is 22.6 Å². The third-order valence-corrected chi connectivity index (χ3v) is 4.29. The molecule has 0 atom stereocenters. The van der Waals surface area contributed by atoms with Gasteiger partial charge >= 0.3 is 0 Å². The van der Waals surface area contributed by atoms with E-state index in [1.165, 1.54) is 0 Å². The summed E-state index contributed by atoms with van der Waals surface area (Å²) in [4.78, 5) is 16.4. The van der Waals surface area contributed by atoms with E-state index in [9.17, 15) is 4.79 Å². The maximum Gasteiger partial charge on any atom is 0.251 e. The molecular weight excluding hydrogens is 361 g/mol. The van der Waals surface area contributed by atoms with Crippen LogP contribution >= 0.6 is 23.2 Å². The predicted molar refractivity (Wildman–Crippen MR) is 97.0 cm³/mol. The van der Waals surface area contributed by atoms with Crippen LogP contribution in [0.2, 0.25) is 10.0 Å². The Balaban J connectivity index is 1.56. The summed E-state index contributed by atoms with van der Waals surface area (Å²) in [5, 5.41) is 7.95. The maximum absolute atomic E-state index is 12.1. The summed E-state index contributed by atoms with van der Waals surface area (Å²) in [6, 6.07) is 12.4. The molecular formula is C18H15Cl2N3O2. The Morgan fingerprint density at radius 3 is 2.64 bits per heavy atom. The molecule has 0 spiro atoms. The van der Waals surface area contributed by atoms with E-state index in [0.29, 0.717) is 40.3 Å². The molecule has 0 saturated carbocycles. The molecule has 0 bridgehead atoms. The minimum atomic E-state index is -0.195. The lowest BCUT2D eigenvalue weighted by atomic mass is 10.1. The van der Waals surface area contributed by atoms with Gasteiger partial charge < -0.3 is 9.84 Å². The van der Waals surface area contributed by atoms with Gasteiger partial charge in [0.15, 0.2) is 0 Å². The van der Waals surface area contributed by atoms with Crippen molar-refractivity contribution in [1.29, 1.82) is 0 Å². The third kappa shape index (κ3) is 4.38. The fourth-order valence-electron chi connectivity index (χ4n) is 2.19. The molecule has 2 aromatic carbocycles. The van der Waals surface area contributed by atoms with E-state index in [1.54, 1.807) is 24.3 Å². The molecule has 1 heterocycles. The van der Waals surface area contributed by atoms with Crippen molar-refractivity contribution in [3.63, 3.8) is 0 Å². The van der Waals surface area contributed by atoms with Crippen molar-refractivity contribution in [2.24, 2.45) is 0 Å². The second-order valence-corrected chi connectivity index (χ2v) is 6.33. The van der Waals surface area contributed by atoms with E-state index in [-0.39, 0.29) is 5.91 Å². The molecule has 3 aromatic rings. The van der Waals surface area contributed by atoms with E-state index in [1.807, 2.05) is 25.1 Å². The molecule has 0 fully saturated rings. The molecule has 1 N–H and O–H groups in total. The van der Waals surface area contributed by atoms with Crippen LogP contribution in [0.4, 0.5) is 0 Å². The first kappa shape index (κ1) is 17.5. The average molecular weight is 376 g/mol. The zero-order valence-electron chi connectivity index (χ0n) is 13.4. The van der Waals surface area contributed by atoms with Gasteiger partial charge in [0.25, 0.3) is 5.91 Å². The first-order valence-corrected chi connectivity index (χ1v) is 8.41. The molecule has 25 heavy (non-hydrogen) atoms. The number of rotatable bonds is 5. The topological polar surface area (TPSA) is 68.0 Å². The van der Waals surface area contributed by atoms with E-state index in [0.717, 1.165) is 11.1 Å². The minimum absolute atomic E-state index is 0.195. The van der Waals surface area contributed by atoms with Crippen LogP contribution in [0.15, 0.2) is 47.0 Å². The number of hydrogen-bond acceptors (Lipinski definition) is 4. The van der Waals surface area contributed by atoms with E-state index >= 15 is 0 Å². The summed E-state index contributed by atoms with van der Waals surface area (Å²) >= 11 is 11.9. The molecule has 0 unspecified atom stereocenters. The number of aromatic nitrogens is 2. The largest absolute Gasteiger partial charge is 0.352 e. The number of halogens is 2. The molecule has 7 heteroatoms. The van der Waals surface area contributed by atoms with Gasteiger partial charge in [-0.3, -0.25) is 4.79 Å². The quantitative estimate of drug-likeness (QED) is 0.720. The Bertz CT molecular complexity index is 892. The van der Waals surface area contributed by atoms with Crippen LogP contribution in [0, 0.1) is 6.92 Å². The molecule has 0 aliphatic heterocycles. The van der Waals surface area contributed by atoms with Crippen LogP contribution in [-0.2, 0) is 6.42 Å². The van der Waals surface area contributed by atoms with Gasteiger partial charge in [-0.1, -0.05) is 34.4 Å². The van der Waals surface area contributed by atoms with Gasteiger partial charge in [0.05, 0.1) is 0 Å². The summed E-state index contributed by atoms with van der Waals surface area (Å²) in [6.45, 7) is 2.27. The lowest BCUT2D eigenvalue weighted by Crippen LogP contribution is -2.25. The fourth-order valence-corrected chi connectivity index (χ4v) is 2.50. The highest BCUT2D eigenvalue weighted by Gasteiger charge is 2.10. The normalized spacial score (nSPS) is 10.7. The van der Waals surface area contributed by atoms with Crippen LogP contribution in [0.25, 0.3) is 11.4 Å². The van der Waals surface area contributed by atoms with Gasteiger partial charge in [-0.2, -0.15) is 4.98 Å². The monoisotopic (exact) mass is 375 g/mol. The molecule has 0 aliphatic rings. The zero-order chi connectivity index (χ0) is 17.8. The summed E-state index contributed by atoms with van der Waals surface area (Å²) < 4.78 is 5.21. The number of carbonyl (C=O) groups is 1. The molecule has 128 valence electrons. The van der Waals surface area contributed by atoms with Crippen molar-refractivity contribution in [2.45, 2.75) is 13.3 Å². The minimum Gasteiger partial charge on any atom is -0.352 e. The second kappa shape index (κ2) is 7.68. The number of aryl methyl sites for hydroxylation is 1. The van der Waals surface area contributed by atoms with Gasteiger partial charge in [0.1, 0.15) is 0 Å². The van der Waals surface area contributed by atoms with E-state index < -0.39 is 0 Å². The third-order valence-electron chi connectivity index (χ3n) is 3.63. The van der Waals surface area contributed by atoms with Crippen molar-refractivity contribution in [3.05, 3.63) is 69.5 Å². The molecule has 0 radical (unpaired) electrons. The number of amides is 1. The lowest BCUT2D eigenvalue weighted by molar-refractivity contribution is 0.0953. The van der Waals surface area contributed by atoms with Crippen molar-refractivity contribution in [1.82, 2.24) is 15.5 Å². The van der Waals surface area contributed by atoms with Crippen molar-refractivity contribution < 1.29 is 9.32 Å². The number of hydrogen-bond donors (Lipinski definition) is 1. The van der Waals surface area contributed by atoms with Crippen LogP contribution in [0.1, 0.15) is 21.8 Å².